The zero-order valence-corrected chi connectivity index (χ0v) is 86.9. The Morgan fingerprint density at radius 2 is 0.640 bits per heavy atom. The Morgan fingerprint density at radius 3 is 1.01 bits per heavy atom. The Kier molecular flexibility index (Phi) is 60.8. The number of Topliss-reactive ketones (excluding diaryl/α,β-unsaturated/α-hetero) is 1. The second kappa shape index (κ2) is 66.3. The normalized spacial score (nSPS) is 12.7. The molecule has 5 aliphatic rings. The summed E-state index contributed by atoms with van der Waals surface area (Å²) in [5.41, 5.74) is 8.97. The van der Waals surface area contributed by atoms with Gasteiger partial charge in [-0.05, 0) is 211 Å². The van der Waals surface area contributed by atoms with Crippen LogP contribution in [0.5, 0.6) is 0 Å². The SMILES string of the molecule is C.CC.CC.CC.CC.CC.CC.CC.CC.CC(=O)c1ccccc1C(=O)NC(C)C.CC(C)N1C(=O)CC(c2ccccc2)C1=O.CC(C)N1C(=O)c2cc3ccccc3cc2C1=O.CC(C)N1C(=O)c2cccc3cccc(c23)C1=O.CC(C)N1C(=O)c2ccccc2C1=O.CC(C)N1Cc2ccccc2C1=O.CC(C)NC(=O)Cc1ccccc1.CC(C)NC(=O)c1ccccc1. The third kappa shape index (κ3) is 36.2. The number of hydrogen-bond donors (Lipinski definition) is 3. The summed E-state index contributed by atoms with van der Waals surface area (Å²) in [5, 5.41) is 12.1. The molecule has 1 atom stereocenters. The number of fused-ring (bicyclic) bond motifs is 4. The Morgan fingerprint density at radius 1 is 0.316 bits per heavy atom. The lowest BCUT2D eigenvalue weighted by Gasteiger charge is -2.30. The lowest BCUT2D eigenvalue weighted by molar-refractivity contribution is -0.140. The van der Waals surface area contributed by atoms with E-state index < -0.39 is 0 Å². The summed E-state index contributed by atoms with van der Waals surface area (Å²) in [5.74, 6) is -1.57. The monoisotopic (exact) mass is 1860 g/mol. The van der Waals surface area contributed by atoms with Crippen molar-refractivity contribution in [2.24, 2.45) is 0 Å². The van der Waals surface area contributed by atoms with Crippen LogP contribution in [0.3, 0.4) is 0 Å². The van der Waals surface area contributed by atoms with E-state index in [1.54, 1.807) is 72.8 Å². The number of ketones is 1. The maximum Gasteiger partial charge on any atom is 0.261 e. The molecule has 21 nitrogen and oxygen atoms in total. The van der Waals surface area contributed by atoms with Crippen LogP contribution in [0.15, 0.2) is 237 Å². The number of likely N-dealkylation sites (tertiary alicyclic amines) is 1. The second-order valence-electron chi connectivity index (χ2n) is 31.4. The molecule has 136 heavy (non-hydrogen) atoms. The summed E-state index contributed by atoms with van der Waals surface area (Å²) in [6.45, 7) is 64.7. The van der Waals surface area contributed by atoms with E-state index in [1.807, 2.05) is 390 Å². The molecule has 0 radical (unpaired) electrons. The minimum Gasteiger partial charge on any atom is -0.354 e. The molecule has 3 N–H and O–H groups in total. The highest BCUT2D eigenvalue weighted by molar-refractivity contribution is 6.26. The lowest BCUT2D eigenvalue weighted by Crippen LogP contribution is -2.44. The number of hydrogen-bond acceptors (Lipinski definition) is 13. The molecule has 0 bridgehead atoms. The van der Waals surface area contributed by atoms with E-state index in [1.165, 1.54) is 26.5 Å². The van der Waals surface area contributed by atoms with Gasteiger partial charge in [-0.2, -0.15) is 0 Å². The van der Waals surface area contributed by atoms with E-state index in [9.17, 15) is 62.3 Å². The van der Waals surface area contributed by atoms with Gasteiger partial charge in [-0.3, -0.25) is 81.9 Å². The Balaban J connectivity index is 0. The summed E-state index contributed by atoms with van der Waals surface area (Å²) in [6, 6.07) is 73.0. The number of rotatable bonds is 14. The minimum atomic E-state index is -0.281. The minimum absolute atomic E-state index is 0. The summed E-state index contributed by atoms with van der Waals surface area (Å²) in [4.78, 5) is 161. The van der Waals surface area contributed by atoms with Crippen molar-refractivity contribution in [1.29, 1.82) is 0 Å². The van der Waals surface area contributed by atoms with Gasteiger partial charge < -0.3 is 20.9 Å². The molecule has 1 fully saturated rings. The average molecular weight is 1860 g/mol. The van der Waals surface area contributed by atoms with Gasteiger partial charge in [0.15, 0.2) is 5.78 Å². The maximum atomic E-state index is 12.4. The predicted octanol–water partition coefficient (Wildman–Crippen LogP) is 25.8. The molecule has 5 heterocycles. The second-order valence-corrected chi connectivity index (χ2v) is 31.4. The van der Waals surface area contributed by atoms with Crippen molar-refractivity contribution in [3.05, 3.63) is 309 Å². The van der Waals surface area contributed by atoms with Crippen molar-refractivity contribution >= 4 is 98.2 Å². The summed E-state index contributed by atoms with van der Waals surface area (Å²) in [6.07, 6.45) is 0.778. The number of carbonyl (C=O) groups excluding carboxylic acids is 13. The standard InChI is InChI=1S/2C15H13NO2.C13H15NO2.C12H15NO2.C11H11NO2.C11H13NO.C11H15NO.C10H13NO.8C2H6.CH4/c1-9(2)16-14(17)11-7-3-5-10-6-4-8-12(13(10)11)15(16)18;1-9(2)16-14(17)12-7-10-5-3-4-6-11(10)8-13(12)15(16)18;1-9(2)14-12(15)8-11(13(14)16)10-6-4-3-5-7-10;1-8(2)13-12(15)11-7-5-4-6-10(11)9(3)14;1-7(2)12-10(13)8-5-3-4-6-9(8)11(12)14;1-8(2)12-7-9-5-3-4-6-10(9)11(12)13;1-9(2)12-11(13)8-10-6-4-3-5-7-10;1-8(2)11-10(12)9-6-4-3-5-7-9;8*1-2;/h2*3-9H,1-2H3;3-7,9,11H,8H2,1-2H3;4-8H,1-3H3,(H,13,15);3-7H,1-2H3;3-6,8H,7H2,1-2H3;3-7,9H,8H2,1-2H3,(H,12,13);3-8H,1-2H3,(H,11,12);8*1-2H3;1H4. The van der Waals surface area contributed by atoms with Gasteiger partial charge in [0, 0.05) is 94.5 Å². The molecule has 5 aliphatic heterocycles. The van der Waals surface area contributed by atoms with E-state index in [-0.39, 0.29) is 132 Å². The number of imide groups is 4. The first-order valence-corrected chi connectivity index (χ1v) is 48.2. The summed E-state index contributed by atoms with van der Waals surface area (Å²) < 4.78 is 0. The molecule has 1 unspecified atom stereocenters. The first kappa shape index (κ1) is 125. The predicted molar refractivity (Wildman–Crippen MR) is 563 cm³/mol. The topological polar surface area (TPSA) is 274 Å². The number of nitrogens with zero attached hydrogens (tertiary/aromatic N) is 5. The molecule has 10 aromatic rings. The van der Waals surface area contributed by atoms with Gasteiger partial charge in [-0.25, -0.2) is 0 Å². The smallest absolute Gasteiger partial charge is 0.261 e. The van der Waals surface area contributed by atoms with Crippen molar-refractivity contribution < 1.29 is 62.3 Å². The van der Waals surface area contributed by atoms with Crippen LogP contribution in [0.4, 0.5) is 0 Å². The quantitative estimate of drug-likeness (QED) is 0.0676. The first-order chi connectivity index (χ1) is 64.5. The molecule has 1 saturated heterocycles. The molecule has 738 valence electrons. The third-order valence-corrected chi connectivity index (χ3v) is 19.4. The molecular formula is C115H160N8O13. The van der Waals surface area contributed by atoms with Gasteiger partial charge >= 0.3 is 0 Å². The molecular weight excluding hydrogens is 1700 g/mol. The molecule has 21 heteroatoms. The van der Waals surface area contributed by atoms with Crippen LogP contribution in [0.2, 0.25) is 0 Å². The highest BCUT2D eigenvalue weighted by Crippen LogP contribution is 2.34. The highest BCUT2D eigenvalue weighted by Gasteiger charge is 2.42. The lowest BCUT2D eigenvalue weighted by atomic mass is 9.93. The van der Waals surface area contributed by atoms with Crippen LogP contribution in [-0.2, 0) is 27.3 Å². The molecule has 15 rings (SSSR count). The van der Waals surface area contributed by atoms with Crippen molar-refractivity contribution in [3.63, 3.8) is 0 Å². The van der Waals surface area contributed by atoms with Crippen LogP contribution >= 0.6 is 0 Å². The maximum absolute atomic E-state index is 12.4. The van der Waals surface area contributed by atoms with E-state index >= 15 is 0 Å². The Hall–Kier alpha value is -13.2. The van der Waals surface area contributed by atoms with E-state index in [0.29, 0.717) is 69.0 Å². The Bertz CT molecular complexity index is 5230. The fourth-order valence-electron chi connectivity index (χ4n) is 13.9. The zero-order valence-electron chi connectivity index (χ0n) is 86.9. The summed E-state index contributed by atoms with van der Waals surface area (Å²) >= 11 is 0. The van der Waals surface area contributed by atoms with Crippen LogP contribution in [0.1, 0.15) is 369 Å². The van der Waals surface area contributed by atoms with Gasteiger partial charge in [0.2, 0.25) is 17.7 Å². The Labute approximate surface area is 814 Å². The van der Waals surface area contributed by atoms with Crippen LogP contribution in [0, 0.1) is 0 Å². The van der Waals surface area contributed by atoms with Gasteiger partial charge in [0.05, 0.1) is 40.2 Å². The zero-order chi connectivity index (χ0) is 103. The highest BCUT2D eigenvalue weighted by atomic mass is 16.2. The third-order valence-electron chi connectivity index (χ3n) is 19.4. The molecule has 0 saturated carbocycles. The largest absolute Gasteiger partial charge is 0.354 e. The van der Waals surface area contributed by atoms with Gasteiger partial charge in [0.1, 0.15) is 0 Å². The number of nitrogens with one attached hydrogen (secondary N) is 3. The summed E-state index contributed by atoms with van der Waals surface area (Å²) in [7, 11) is 0. The van der Waals surface area contributed by atoms with Crippen molar-refractivity contribution in [2.75, 3.05) is 0 Å². The van der Waals surface area contributed by atoms with Crippen LogP contribution in [-0.4, -0.2) is 150 Å². The van der Waals surface area contributed by atoms with Crippen molar-refractivity contribution in [3.8, 4) is 0 Å². The number of benzene rings is 10. The van der Waals surface area contributed by atoms with Crippen LogP contribution in [0.25, 0.3) is 21.5 Å². The van der Waals surface area contributed by atoms with Gasteiger partial charge in [-0.1, -0.05) is 294 Å². The molecule has 12 amide bonds. The van der Waals surface area contributed by atoms with E-state index in [0.717, 1.165) is 50.3 Å². The average Bonchev–Trinajstić information content (AvgIpc) is 1.04. The van der Waals surface area contributed by atoms with Gasteiger partial charge in [0.25, 0.3) is 53.2 Å². The van der Waals surface area contributed by atoms with Crippen molar-refractivity contribution in [1.82, 2.24) is 40.4 Å². The van der Waals surface area contributed by atoms with Gasteiger partial charge in [-0.15, -0.1) is 0 Å². The molecule has 0 aliphatic carbocycles. The fourth-order valence-corrected chi connectivity index (χ4v) is 13.9. The fraction of sp³-hybridized carbons (Fsp3) is 0.400. The van der Waals surface area contributed by atoms with Crippen LogP contribution < -0.4 is 16.0 Å². The number of carbonyl (C=O) groups is 13. The van der Waals surface area contributed by atoms with Crippen molar-refractivity contribution in [2.45, 2.75) is 310 Å². The number of amides is 12. The molecule has 0 aromatic heterocycles. The first-order valence-electron chi connectivity index (χ1n) is 48.2. The molecule has 10 aromatic carbocycles. The van der Waals surface area contributed by atoms with E-state index in [4.69, 9.17) is 0 Å². The van der Waals surface area contributed by atoms with E-state index in [2.05, 4.69) is 16.0 Å². The molecule has 0 spiro atoms.